The van der Waals surface area contributed by atoms with Crippen molar-refractivity contribution in [1.82, 2.24) is 9.80 Å². The third-order valence-electron chi connectivity index (χ3n) is 5.64. The number of hydrogen-bond donors (Lipinski definition) is 0. The van der Waals surface area contributed by atoms with E-state index in [0.29, 0.717) is 23.7 Å². The first-order valence-electron chi connectivity index (χ1n) is 9.40. The highest BCUT2D eigenvalue weighted by Crippen LogP contribution is 2.33. The molecule has 2 amide bonds. The molecule has 2 aliphatic rings. The molecule has 0 radical (unpaired) electrons. The SMILES string of the molecule is CN(CCCN1C(=O)c2ccccc2C1=O)[C@H]1CCCc2ccccc21. The number of benzene rings is 2. The van der Waals surface area contributed by atoms with E-state index < -0.39 is 0 Å². The van der Waals surface area contributed by atoms with Gasteiger partial charge < -0.3 is 0 Å². The Morgan fingerprint density at radius 1 is 1.00 bits per heavy atom. The predicted octanol–water partition coefficient (Wildman–Crippen LogP) is 3.68. The highest BCUT2D eigenvalue weighted by molar-refractivity contribution is 6.21. The van der Waals surface area contributed by atoms with Crippen LogP contribution in [0, 0.1) is 0 Å². The third-order valence-corrected chi connectivity index (χ3v) is 5.64. The molecule has 26 heavy (non-hydrogen) atoms. The monoisotopic (exact) mass is 348 g/mol. The van der Waals surface area contributed by atoms with Gasteiger partial charge in [0.2, 0.25) is 0 Å². The van der Waals surface area contributed by atoms with Gasteiger partial charge in [0, 0.05) is 19.1 Å². The van der Waals surface area contributed by atoms with Crippen LogP contribution in [0.5, 0.6) is 0 Å². The standard InChI is InChI=1S/C22H24N2O2/c1-23(20-13-6-9-16-8-2-3-10-17(16)20)14-7-15-24-21(25)18-11-4-5-12-19(18)22(24)26/h2-5,8,10-12,20H,6-7,9,13-15H2,1H3/t20-/m0/s1. The Balaban J connectivity index is 1.37. The molecule has 4 nitrogen and oxygen atoms in total. The molecule has 4 rings (SSSR count). The van der Waals surface area contributed by atoms with E-state index in [1.165, 1.54) is 28.9 Å². The average molecular weight is 348 g/mol. The Hall–Kier alpha value is -2.46. The van der Waals surface area contributed by atoms with Gasteiger partial charge in [-0.15, -0.1) is 0 Å². The molecule has 1 aliphatic carbocycles. The molecule has 1 atom stereocenters. The smallest absolute Gasteiger partial charge is 0.261 e. The Morgan fingerprint density at radius 3 is 2.38 bits per heavy atom. The fraction of sp³-hybridized carbons (Fsp3) is 0.364. The summed E-state index contributed by atoms with van der Waals surface area (Å²) in [5.41, 5.74) is 3.96. The molecule has 2 aromatic carbocycles. The molecule has 2 aromatic rings. The van der Waals surface area contributed by atoms with Gasteiger partial charge in [0.1, 0.15) is 0 Å². The zero-order valence-electron chi connectivity index (χ0n) is 15.1. The van der Waals surface area contributed by atoms with Crippen LogP contribution >= 0.6 is 0 Å². The second-order valence-electron chi connectivity index (χ2n) is 7.25. The number of nitrogens with zero attached hydrogens (tertiary/aromatic N) is 2. The predicted molar refractivity (Wildman–Crippen MR) is 101 cm³/mol. The number of fused-ring (bicyclic) bond motifs is 2. The van der Waals surface area contributed by atoms with Gasteiger partial charge in [-0.25, -0.2) is 0 Å². The third kappa shape index (κ3) is 2.95. The van der Waals surface area contributed by atoms with Crippen molar-refractivity contribution < 1.29 is 9.59 Å². The summed E-state index contributed by atoms with van der Waals surface area (Å²) in [6.45, 7) is 1.34. The lowest BCUT2D eigenvalue weighted by Gasteiger charge is -2.33. The summed E-state index contributed by atoms with van der Waals surface area (Å²) in [5, 5.41) is 0. The first-order chi connectivity index (χ1) is 12.7. The van der Waals surface area contributed by atoms with Gasteiger partial charge in [-0.05, 0) is 56.0 Å². The fourth-order valence-electron chi connectivity index (χ4n) is 4.26. The normalized spacial score (nSPS) is 19.0. The van der Waals surface area contributed by atoms with Crippen LogP contribution in [0.4, 0.5) is 0 Å². The van der Waals surface area contributed by atoms with Gasteiger partial charge in [0.05, 0.1) is 11.1 Å². The van der Waals surface area contributed by atoms with Crippen molar-refractivity contribution in [2.45, 2.75) is 31.7 Å². The maximum absolute atomic E-state index is 12.4. The quantitative estimate of drug-likeness (QED) is 0.774. The van der Waals surface area contributed by atoms with Crippen molar-refractivity contribution in [2.75, 3.05) is 20.1 Å². The van der Waals surface area contributed by atoms with Crippen LogP contribution in [0.15, 0.2) is 48.5 Å². The highest BCUT2D eigenvalue weighted by atomic mass is 16.2. The fourth-order valence-corrected chi connectivity index (χ4v) is 4.26. The van der Waals surface area contributed by atoms with E-state index >= 15 is 0 Å². The summed E-state index contributed by atoms with van der Waals surface area (Å²) in [7, 11) is 2.15. The minimum absolute atomic E-state index is 0.156. The van der Waals surface area contributed by atoms with Gasteiger partial charge in [0.25, 0.3) is 11.8 Å². The zero-order valence-corrected chi connectivity index (χ0v) is 15.1. The molecule has 1 aliphatic heterocycles. The number of aryl methyl sites for hydroxylation is 1. The molecule has 0 aromatic heterocycles. The minimum atomic E-state index is -0.156. The summed E-state index contributed by atoms with van der Waals surface area (Å²) in [6, 6.07) is 16.2. The van der Waals surface area contributed by atoms with Gasteiger partial charge in [-0.2, -0.15) is 0 Å². The van der Waals surface area contributed by atoms with E-state index in [-0.39, 0.29) is 11.8 Å². The van der Waals surface area contributed by atoms with Crippen molar-refractivity contribution in [1.29, 1.82) is 0 Å². The maximum Gasteiger partial charge on any atom is 0.261 e. The Labute approximate surface area is 154 Å². The number of carbonyl (C=O) groups excluding carboxylic acids is 2. The summed E-state index contributed by atoms with van der Waals surface area (Å²) < 4.78 is 0. The van der Waals surface area contributed by atoms with E-state index in [4.69, 9.17) is 0 Å². The van der Waals surface area contributed by atoms with Gasteiger partial charge in [0.15, 0.2) is 0 Å². The molecule has 0 saturated carbocycles. The molecule has 134 valence electrons. The van der Waals surface area contributed by atoms with E-state index in [2.05, 4.69) is 36.2 Å². The van der Waals surface area contributed by atoms with Crippen molar-refractivity contribution in [3.8, 4) is 0 Å². The molecular weight excluding hydrogens is 324 g/mol. The first-order valence-corrected chi connectivity index (χ1v) is 9.40. The van der Waals surface area contributed by atoms with E-state index in [9.17, 15) is 9.59 Å². The molecule has 0 fully saturated rings. The van der Waals surface area contributed by atoms with Crippen molar-refractivity contribution in [2.24, 2.45) is 0 Å². The number of imide groups is 1. The topological polar surface area (TPSA) is 40.6 Å². The van der Waals surface area contributed by atoms with Crippen LogP contribution < -0.4 is 0 Å². The summed E-state index contributed by atoms with van der Waals surface area (Å²) in [5.74, 6) is -0.312. The number of rotatable bonds is 5. The number of amides is 2. The molecule has 0 saturated heterocycles. The molecule has 0 spiro atoms. The minimum Gasteiger partial charge on any atom is -0.299 e. The van der Waals surface area contributed by atoms with Gasteiger partial charge in [-0.3, -0.25) is 19.4 Å². The average Bonchev–Trinajstić information content (AvgIpc) is 2.92. The second-order valence-corrected chi connectivity index (χ2v) is 7.25. The molecule has 4 heteroatoms. The molecule has 0 bridgehead atoms. The van der Waals surface area contributed by atoms with Gasteiger partial charge >= 0.3 is 0 Å². The van der Waals surface area contributed by atoms with Crippen molar-refractivity contribution in [3.63, 3.8) is 0 Å². The molecule has 0 N–H and O–H groups in total. The Bertz CT molecular complexity index is 811. The molecular formula is C22H24N2O2. The van der Waals surface area contributed by atoms with E-state index in [0.717, 1.165) is 19.4 Å². The van der Waals surface area contributed by atoms with Crippen LogP contribution in [0.2, 0.25) is 0 Å². The highest BCUT2D eigenvalue weighted by Gasteiger charge is 2.34. The Morgan fingerprint density at radius 2 is 1.65 bits per heavy atom. The van der Waals surface area contributed by atoms with Crippen LogP contribution in [0.3, 0.4) is 0 Å². The second kappa shape index (κ2) is 7.04. The van der Waals surface area contributed by atoms with Gasteiger partial charge in [-0.1, -0.05) is 36.4 Å². The number of carbonyl (C=O) groups is 2. The molecule has 1 heterocycles. The van der Waals surface area contributed by atoms with Crippen LogP contribution in [0.25, 0.3) is 0 Å². The molecule has 0 unspecified atom stereocenters. The van der Waals surface area contributed by atoms with Crippen LogP contribution in [-0.2, 0) is 6.42 Å². The lowest BCUT2D eigenvalue weighted by Crippen LogP contribution is -2.34. The Kier molecular flexibility index (Phi) is 4.60. The van der Waals surface area contributed by atoms with Crippen molar-refractivity contribution in [3.05, 3.63) is 70.8 Å². The maximum atomic E-state index is 12.4. The summed E-state index contributed by atoms with van der Waals surface area (Å²) >= 11 is 0. The lowest BCUT2D eigenvalue weighted by molar-refractivity contribution is 0.0645. The summed E-state index contributed by atoms with van der Waals surface area (Å²) in [4.78, 5) is 28.6. The van der Waals surface area contributed by atoms with Crippen molar-refractivity contribution >= 4 is 11.8 Å². The lowest BCUT2D eigenvalue weighted by atomic mass is 9.87. The first kappa shape index (κ1) is 17.0. The van der Waals surface area contributed by atoms with Crippen LogP contribution in [0.1, 0.15) is 57.1 Å². The zero-order chi connectivity index (χ0) is 18.1. The number of hydrogen-bond acceptors (Lipinski definition) is 3. The summed E-state index contributed by atoms with van der Waals surface area (Å²) in [6.07, 6.45) is 4.33. The largest absolute Gasteiger partial charge is 0.299 e. The van der Waals surface area contributed by atoms with E-state index in [1.807, 2.05) is 12.1 Å². The van der Waals surface area contributed by atoms with Crippen LogP contribution in [-0.4, -0.2) is 41.8 Å². The van der Waals surface area contributed by atoms with E-state index in [1.54, 1.807) is 12.1 Å².